The van der Waals surface area contributed by atoms with Gasteiger partial charge in [-0.3, -0.25) is 14.9 Å². The maximum Gasteiger partial charge on any atom is 0.269 e. The Labute approximate surface area is 135 Å². The van der Waals surface area contributed by atoms with E-state index in [1.807, 2.05) is 0 Å². The molecular weight excluding hydrogens is 320 g/mol. The summed E-state index contributed by atoms with van der Waals surface area (Å²) in [6, 6.07) is 8.94. The molecule has 0 spiro atoms. The number of nitro groups is 1. The summed E-state index contributed by atoms with van der Waals surface area (Å²) in [6.45, 7) is 0.245. The Morgan fingerprint density at radius 2 is 1.96 bits per heavy atom. The Bertz CT molecular complexity index is 889. The van der Waals surface area contributed by atoms with E-state index in [2.05, 4.69) is 10.3 Å². The molecule has 116 valence electrons. The van der Waals surface area contributed by atoms with Crippen LogP contribution in [-0.2, 0) is 6.54 Å². The van der Waals surface area contributed by atoms with Crippen LogP contribution in [0.15, 0.2) is 48.8 Å². The van der Waals surface area contributed by atoms with Gasteiger partial charge in [0.2, 0.25) is 0 Å². The molecule has 0 aliphatic rings. The van der Waals surface area contributed by atoms with E-state index in [1.54, 1.807) is 28.9 Å². The standard InChI is InChI=1S/C15H11ClN4O3/c16-11-3-6-14-18-12(9-19(14)8-11)7-17-15(21)10-1-4-13(5-2-10)20(22)23/h1-6,8-9H,7H2,(H,17,21). The fourth-order valence-electron chi connectivity index (χ4n) is 2.11. The highest BCUT2D eigenvalue weighted by Gasteiger charge is 2.10. The van der Waals surface area contributed by atoms with Crippen LogP contribution in [0.3, 0.4) is 0 Å². The van der Waals surface area contributed by atoms with E-state index in [-0.39, 0.29) is 18.1 Å². The number of carbonyl (C=O) groups excluding carboxylic acids is 1. The van der Waals surface area contributed by atoms with Gasteiger partial charge in [-0.1, -0.05) is 11.6 Å². The van der Waals surface area contributed by atoms with Crippen LogP contribution in [0.2, 0.25) is 5.02 Å². The summed E-state index contributed by atoms with van der Waals surface area (Å²) in [7, 11) is 0. The van der Waals surface area contributed by atoms with E-state index >= 15 is 0 Å². The molecule has 0 radical (unpaired) electrons. The van der Waals surface area contributed by atoms with Crippen LogP contribution in [0.25, 0.3) is 5.65 Å². The number of hydrogen-bond acceptors (Lipinski definition) is 4. The first-order chi connectivity index (χ1) is 11.0. The van der Waals surface area contributed by atoms with Crippen LogP contribution in [0.1, 0.15) is 16.1 Å². The van der Waals surface area contributed by atoms with Gasteiger partial charge >= 0.3 is 0 Å². The maximum absolute atomic E-state index is 12.0. The van der Waals surface area contributed by atoms with Crippen LogP contribution in [0.5, 0.6) is 0 Å². The number of amides is 1. The molecule has 0 atom stereocenters. The molecule has 2 aromatic heterocycles. The van der Waals surface area contributed by atoms with Crippen LogP contribution < -0.4 is 5.32 Å². The highest BCUT2D eigenvalue weighted by Crippen LogP contribution is 2.13. The summed E-state index contributed by atoms with van der Waals surface area (Å²) in [5.41, 5.74) is 1.71. The number of fused-ring (bicyclic) bond motifs is 1. The van der Waals surface area contributed by atoms with E-state index in [0.717, 1.165) is 5.65 Å². The Morgan fingerprint density at radius 1 is 1.22 bits per heavy atom. The molecule has 1 aromatic carbocycles. The average molecular weight is 331 g/mol. The molecule has 1 amide bonds. The van der Waals surface area contributed by atoms with Gasteiger partial charge in [0.05, 0.1) is 22.2 Å². The van der Waals surface area contributed by atoms with E-state index < -0.39 is 4.92 Å². The number of non-ortho nitro benzene ring substituents is 1. The largest absolute Gasteiger partial charge is 0.346 e. The average Bonchev–Trinajstić information content (AvgIpc) is 2.94. The minimum atomic E-state index is -0.510. The zero-order valence-electron chi connectivity index (χ0n) is 11.8. The lowest BCUT2D eigenvalue weighted by Gasteiger charge is -2.02. The monoisotopic (exact) mass is 330 g/mol. The Kier molecular flexibility index (Phi) is 3.94. The number of imidazole rings is 1. The first-order valence-corrected chi connectivity index (χ1v) is 7.06. The molecule has 3 rings (SSSR count). The molecule has 0 bridgehead atoms. The molecule has 1 N–H and O–H groups in total. The van der Waals surface area contributed by atoms with Crippen molar-refractivity contribution < 1.29 is 9.72 Å². The number of hydrogen-bond donors (Lipinski definition) is 1. The summed E-state index contributed by atoms with van der Waals surface area (Å²) in [4.78, 5) is 26.5. The van der Waals surface area contributed by atoms with Gasteiger partial charge in [-0.05, 0) is 24.3 Å². The lowest BCUT2D eigenvalue weighted by molar-refractivity contribution is -0.384. The van der Waals surface area contributed by atoms with Gasteiger partial charge in [0, 0.05) is 30.1 Å². The maximum atomic E-state index is 12.0. The highest BCUT2D eigenvalue weighted by molar-refractivity contribution is 6.30. The smallest absolute Gasteiger partial charge is 0.269 e. The number of halogens is 1. The molecule has 0 saturated carbocycles. The third-order valence-electron chi connectivity index (χ3n) is 3.24. The van der Waals surface area contributed by atoms with Gasteiger partial charge in [-0.25, -0.2) is 4.98 Å². The fraction of sp³-hybridized carbons (Fsp3) is 0.0667. The number of nitrogens with one attached hydrogen (secondary N) is 1. The molecule has 8 heteroatoms. The molecule has 0 aliphatic heterocycles. The minimum Gasteiger partial charge on any atom is -0.346 e. The summed E-state index contributed by atoms with van der Waals surface area (Å²) in [5.74, 6) is -0.324. The zero-order chi connectivity index (χ0) is 16.4. The van der Waals surface area contributed by atoms with Crippen molar-refractivity contribution in [2.75, 3.05) is 0 Å². The minimum absolute atomic E-state index is 0.0567. The van der Waals surface area contributed by atoms with E-state index in [0.29, 0.717) is 16.3 Å². The number of pyridine rings is 1. The van der Waals surface area contributed by atoms with Crippen molar-refractivity contribution in [3.8, 4) is 0 Å². The quantitative estimate of drug-likeness (QED) is 0.588. The predicted molar refractivity (Wildman–Crippen MR) is 84.5 cm³/mol. The van der Waals surface area contributed by atoms with Gasteiger partial charge in [-0.15, -0.1) is 0 Å². The number of nitro benzene ring substituents is 1. The molecule has 0 aliphatic carbocycles. The van der Waals surface area contributed by atoms with Crippen molar-refractivity contribution in [2.45, 2.75) is 6.54 Å². The van der Waals surface area contributed by atoms with Gasteiger partial charge in [-0.2, -0.15) is 0 Å². The van der Waals surface area contributed by atoms with Gasteiger partial charge in [0.15, 0.2) is 0 Å². The van der Waals surface area contributed by atoms with Crippen molar-refractivity contribution in [1.29, 1.82) is 0 Å². The topological polar surface area (TPSA) is 89.5 Å². The fourth-order valence-corrected chi connectivity index (χ4v) is 2.28. The Balaban J connectivity index is 1.68. The van der Waals surface area contributed by atoms with E-state index in [1.165, 1.54) is 24.3 Å². The van der Waals surface area contributed by atoms with Gasteiger partial charge in [0.1, 0.15) is 5.65 Å². The van der Waals surface area contributed by atoms with Crippen LogP contribution in [0, 0.1) is 10.1 Å². The molecule has 0 unspecified atom stereocenters. The third kappa shape index (κ3) is 3.29. The van der Waals surface area contributed by atoms with Crippen LogP contribution in [-0.4, -0.2) is 20.2 Å². The zero-order valence-corrected chi connectivity index (χ0v) is 12.5. The predicted octanol–water partition coefficient (Wildman–Crippen LogP) is 2.83. The molecule has 0 fully saturated rings. The van der Waals surface area contributed by atoms with Gasteiger partial charge < -0.3 is 9.72 Å². The molecule has 3 aromatic rings. The van der Waals surface area contributed by atoms with Crippen molar-refractivity contribution in [3.05, 3.63) is 75.2 Å². The number of carbonyl (C=O) groups is 1. The summed E-state index contributed by atoms with van der Waals surface area (Å²) >= 11 is 5.90. The summed E-state index contributed by atoms with van der Waals surface area (Å²) < 4.78 is 1.77. The van der Waals surface area contributed by atoms with Crippen molar-refractivity contribution in [2.24, 2.45) is 0 Å². The molecule has 7 nitrogen and oxygen atoms in total. The second-order valence-electron chi connectivity index (χ2n) is 4.83. The Hall–Kier alpha value is -2.93. The van der Waals surface area contributed by atoms with Gasteiger partial charge in [0.25, 0.3) is 11.6 Å². The summed E-state index contributed by atoms with van der Waals surface area (Å²) in [6.07, 6.45) is 3.50. The molecule has 23 heavy (non-hydrogen) atoms. The lowest BCUT2D eigenvalue weighted by Crippen LogP contribution is -2.22. The number of rotatable bonds is 4. The van der Waals surface area contributed by atoms with E-state index in [9.17, 15) is 14.9 Å². The van der Waals surface area contributed by atoms with Crippen molar-refractivity contribution >= 4 is 28.8 Å². The Morgan fingerprint density at radius 3 is 2.65 bits per heavy atom. The second kappa shape index (κ2) is 6.05. The first kappa shape index (κ1) is 15.0. The number of nitrogens with zero attached hydrogens (tertiary/aromatic N) is 3. The van der Waals surface area contributed by atoms with E-state index in [4.69, 9.17) is 11.6 Å². The number of benzene rings is 1. The molecule has 0 saturated heterocycles. The van der Waals surface area contributed by atoms with Crippen molar-refractivity contribution in [3.63, 3.8) is 0 Å². The first-order valence-electron chi connectivity index (χ1n) is 6.69. The molecular formula is C15H11ClN4O3. The molecule has 2 heterocycles. The number of aromatic nitrogens is 2. The van der Waals surface area contributed by atoms with Crippen LogP contribution >= 0.6 is 11.6 Å². The second-order valence-corrected chi connectivity index (χ2v) is 5.27. The third-order valence-corrected chi connectivity index (χ3v) is 3.46. The van der Waals surface area contributed by atoms with Crippen molar-refractivity contribution in [1.82, 2.24) is 14.7 Å². The van der Waals surface area contributed by atoms with Crippen LogP contribution in [0.4, 0.5) is 5.69 Å². The highest BCUT2D eigenvalue weighted by atomic mass is 35.5. The lowest BCUT2D eigenvalue weighted by atomic mass is 10.2. The summed E-state index contributed by atoms with van der Waals surface area (Å²) in [5, 5.41) is 13.9. The SMILES string of the molecule is O=C(NCc1cn2cc(Cl)ccc2n1)c1ccc([N+](=O)[O-])cc1. The normalized spacial score (nSPS) is 10.7.